The summed E-state index contributed by atoms with van der Waals surface area (Å²) >= 11 is 2.93. The lowest BCUT2D eigenvalue weighted by molar-refractivity contribution is -0.138. The number of rotatable bonds is 8. The van der Waals surface area contributed by atoms with Gasteiger partial charge in [-0.1, -0.05) is 23.9 Å². The molecule has 1 aromatic carbocycles. The predicted molar refractivity (Wildman–Crippen MR) is 131 cm³/mol. The van der Waals surface area contributed by atoms with Crippen molar-refractivity contribution in [2.45, 2.75) is 32.0 Å². The molecule has 0 saturated carbocycles. The van der Waals surface area contributed by atoms with Crippen molar-refractivity contribution in [2.24, 2.45) is 0 Å². The van der Waals surface area contributed by atoms with Crippen LogP contribution in [0.25, 0.3) is 16.4 Å². The average Bonchev–Trinajstić information content (AvgIpc) is 3.47. The van der Waals surface area contributed by atoms with E-state index >= 15 is 0 Å². The van der Waals surface area contributed by atoms with Crippen molar-refractivity contribution < 1.29 is 19.1 Å². The molecule has 0 saturated heterocycles. The predicted octanol–water partition coefficient (Wildman–Crippen LogP) is 3.92. The Kier molecular flexibility index (Phi) is 7.23. The third-order valence-electron chi connectivity index (χ3n) is 5.16. The maximum atomic E-state index is 12.6. The van der Waals surface area contributed by atoms with Crippen molar-refractivity contribution in [3.05, 3.63) is 52.5 Å². The molecule has 178 valence electrons. The highest BCUT2D eigenvalue weighted by molar-refractivity contribution is 7.99. The molecule has 1 aliphatic rings. The summed E-state index contributed by atoms with van der Waals surface area (Å²) < 4.78 is 12.8. The van der Waals surface area contributed by atoms with E-state index in [-0.39, 0.29) is 12.6 Å². The van der Waals surface area contributed by atoms with E-state index in [1.807, 2.05) is 47.2 Å². The molecule has 1 aliphatic heterocycles. The first-order valence-electron chi connectivity index (χ1n) is 10.7. The van der Waals surface area contributed by atoms with Crippen LogP contribution in [0.4, 0.5) is 4.79 Å². The molecule has 3 aromatic rings. The summed E-state index contributed by atoms with van der Waals surface area (Å²) in [7, 11) is 1.62. The van der Waals surface area contributed by atoms with Gasteiger partial charge >= 0.3 is 12.0 Å². The number of benzene rings is 1. The Morgan fingerprint density at radius 3 is 2.82 bits per heavy atom. The van der Waals surface area contributed by atoms with E-state index in [4.69, 9.17) is 9.47 Å². The number of hydrogen-bond donors (Lipinski definition) is 2. The lowest BCUT2D eigenvalue weighted by atomic mass is 10.1. The minimum atomic E-state index is -0.472. The Hall–Kier alpha value is -3.31. The van der Waals surface area contributed by atoms with Crippen LogP contribution in [0.3, 0.4) is 0 Å². The summed E-state index contributed by atoms with van der Waals surface area (Å²) in [6, 6.07) is 9.01. The van der Waals surface area contributed by atoms with Gasteiger partial charge in [-0.15, -0.1) is 21.5 Å². The molecule has 9 nitrogen and oxygen atoms in total. The van der Waals surface area contributed by atoms with Crippen molar-refractivity contribution in [3.63, 3.8) is 0 Å². The fourth-order valence-electron chi connectivity index (χ4n) is 3.65. The number of urea groups is 1. The van der Waals surface area contributed by atoms with Gasteiger partial charge in [-0.25, -0.2) is 9.59 Å². The van der Waals surface area contributed by atoms with E-state index in [0.717, 1.165) is 16.1 Å². The van der Waals surface area contributed by atoms with E-state index in [1.165, 1.54) is 11.8 Å². The zero-order valence-electron chi connectivity index (χ0n) is 19.2. The number of aromatic nitrogens is 3. The van der Waals surface area contributed by atoms with Gasteiger partial charge in [-0.3, -0.25) is 4.57 Å². The molecule has 4 rings (SSSR count). The second-order valence-electron chi connectivity index (χ2n) is 7.52. The maximum absolute atomic E-state index is 12.6. The maximum Gasteiger partial charge on any atom is 0.337 e. The van der Waals surface area contributed by atoms with Gasteiger partial charge in [0.1, 0.15) is 5.75 Å². The third-order valence-corrected chi connectivity index (χ3v) is 6.98. The van der Waals surface area contributed by atoms with E-state index in [9.17, 15) is 9.59 Å². The summed E-state index contributed by atoms with van der Waals surface area (Å²) in [6.07, 6.45) is 0. The van der Waals surface area contributed by atoms with Crippen LogP contribution in [-0.4, -0.2) is 52.3 Å². The number of thiophene rings is 1. The molecule has 0 unspecified atom stereocenters. The molecule has 0 radical (unpaired) electrons. The van der Waals surface area contributed by atoms with Crippen LogP contribution in [0, 0.1) is 6.92 Å². The number of aryl methyl sites for hydroxylation is 1. The fraction of sp³-hybridized carbons (Fsp3) is 0.304. The summed E-state index contributed by atoms with van der Waals surface area (Å²) in [6.45, 7) is 5.75. The molecule has 0 aliphatic carbocycles. The largest absolute Gasteiger partial charge is 0.495 e. The van der Waals surface area contributed by atoms with E-state index < -0.39 is 12.0 Å². The van der Waals surface area contributed by atoms with Gasteiger partial charge in [0, 0.05) is 11.4 Å². The van der Waals surface area contributed by atoms with E-state index in [2.05, 4.69) is 20.8 Å². The summed E-state index contributed by atoms with van der Waals surface area (Å²) in [5, 5.41) is 17.0. The third kappa shape index (κ3) is 4.80. The Bertz CT molecular complexity index is 1240. The summed E-state index contributed by atoms with van der Waals surface area (Å²) in [5.74, 6) is 1.20. The highest BCUT2D eigenvalue weighted by atomic mass is 32.2. The monoisotopic (exact) mass is 499 g/mol. The molecule has 11 heteroatoms. The molecule has 0 spiro atoms. The van der Waals surface area contributed by atoms with Crippen molar-refractivity contribution in [2.75, 3.05) is 19.5 Å². The van der Waals surface area contributed by atoms with Crippen LogP contribution in [0.1, 0.15) is 19.4 Å². The zero-order chi connectivity index (χ0) is 24.2. The molecule has 3 heterocycles. The van der Waals surface area contributed by atoms with Crippen molar-refractivity contribution in [1.29, 1.82) is 0 Å². The number of thioether (sulfide) groups is 1. The Balaban J connectivity index is 1.76. The molecule has 1 atom stereocenters. The highest BCUT2D eigenvalue weighted by Crippen LogP contribution is 2.35. The quantitative estimate of drug-likeness (QED) is 0.357. The molecule has 34 heavy (non-hydrogen) atoms. The van der Waals surface area contributed by atoms with Gasteiger partial charge in [0.15, 0.2) is 11.0 Å². The molecule has 2 aromatic heterocycles. The van der Waals surface area contributed by atoms with Gasteiger partial charge in [0.25, 0.3) is 0 Å². The number of carbonyl (C=O) groups is 2. The summed E-state index contributed by atoms with van der Waals surface area (Å²) in [4.78, 5) is 25.7. The fourth-order valence-corrected chi connectivity index (χ4v) is 5.26. The molecule has 2 N–H and O–H groups in total. The van der Waals surface area contributed by atoms with E-state index in [1.54, 1.807) is 32.3 Å². The second kappa shape index (κ2) is 10.3. The van der Waals surface area contributed by atoms with Crippen LogP contribution >= 0.6 is 23.1 Å². The standard InChI is InChI=1S/C23H25N5O4S2/c1-5-32-21(29)19-14(3)24-22(30)25-15(19)12-34-23-27-26-20(18-7-6-10-33-18)28(23)16-11-13(2)8-9-17(16)31-4/h6-11,14H,5,12H2,1-4H3,(H2,24,25,30)/t14-/m0/s1. The minimum Gasteiger partial charge on any atom is -0.495 e. The van der Waals surface area contributed by atoms with Crippen molar-refractivity contribution in [1.82, 2.24) is 25.4 Å². The van der Waals surface area contributed by atoms with Gasteiger partial charge in [0.2, 0.25) is 0 Å². The molecule has 2 amide bonds. The number of nitrogens with zero attached hydrogens (tertiary/aromatic N) is 3. The van der Waals surface area contributed by atoms with E-state index in [0.29, 0.717) is 33.8 Å². The number of methoxy groups -OCH3 is 1. The number of ether oxygens (including phenoxy) is 2. The van der Waals surface area contributed by atoms with Crippen molar-refractivity contribution >= 4 is 35.1 Å². The first-order chi connectivity index (χ1) is 16.4. The Morgan fingerprint density at radius 1 is 1.29 bits per heavy atom. The molecular weight excluding hydrogens is 474 g/mol. The molecular formula is C23H25N5O4S2. The van der Waals surface area contributed by atoms with Gasteiger partial charge in [-0.05, 0) is 49.9 Å². The van der Waals surface area contributed by atoms with Crippen LogP contribution in [0.5, 0.6) is 5.75 Å². The van der Waals surface area contributed by atoms with Gasteiger partial charge < -0.3 is 20.1 Å². The smallest absolute Gasteiger partial charge is 0.337 e. The first kappa shape index (κ1) is 23.8. The van der Waals surface area contributed by atoms with Crippen LogP contribution < -0.4 is 15.4 Å². The zero-order valence-corrected chi connectivity index (χ0v) is 20.9. The highest BCUT2D eigenvalue weighted by Gasteiger charge is 2.30. The number of amides is 2. The Labute approximate surface area is 205 Å². The molecule has 0 bridgehead atoms. The van der Waals surface area contributed by atoms with Crippen LogP contribution in [0.15, 0.2) is 52.1 Å². The van der Waals surface area contributed by atoms with Crippen LogP contribution in [-0.2, 0) is 9.53 Å². The average molecular weight is 500 g/mol. The molecule has 0 fully saturated rings. The number of nitrogens with one attached hydrogen (secondary N) is 2. The second-order valence-corrected chi connectivity index (χ2v) is 9.41. The van der Waals surface area contributed by atoms with Gasteiger partial charge in [-0.2, -0.15) is 0 Å². The summed E-state index contributed by atoms with van der Waals surface area (Å²) in [5.41, 5.74) is 2.75. The minimum absolute atomic E-state index is 0.245. The normalized spacial score (nSPS) is 15.6. The van der Waals surface area contributed by atoms with Crippen LogP contribution in [0.2, 0.25) is 0 Å². The topological polar surface area (TPSA) is 107 Å². The van der Waals surface area contributed by atoms with Crippen molar-refractivity contribution in [3.8, 4) is 22.1 Å². The number of esters is 1. The van der Waals surface area contributed by atoms with Gasteiger partial charge in [0.05, 0.1) is 35.9 Å². The number of carbonyl (C=O) groups excluding carboxylic acids is 2. The number of hydrogen-bond acceptors (Lipinski definition) is 8. The first-order valence-corrected chi connectivity index (χ1v) is 12.5. The SMILES string of the molecule is CCOC(=O)C1=C(CSc2nnc(-c3cccs3)n2-c2cc(C)ccc2OC)NC(=O)N[C@H]1C. The Morgan fingerprint density at radius 2 is 2.12 bits per heavy atom. The lowest BCUT2D eigenvalue weighted by Crippen LogP contribution is -2.49. The lowest BCUT2D eigenvalue weighted by Gasteiger charge is -2.26.